The van der Waals surface area contributed by atoms with Gasteiger partial charge in [-0.15, -0.1) is 0 Å². The second-order valence-corrected chi connectivity index (χ2v) is 4.39. The van der Waals surface area contributed by atoms with Crippen LogP contribution in [0.4, 0.5) is 0 Å². The van der Waals surface area contributed by atoms with Crippen LogP contribution < -0.4 is 5.32 Å². The highest BCUT2D eigenvalue weighted by atomic mass is 16.4. The highest BCUT2D eigenvalue weighted by molar-refractivity contribution is 5.90. The summed E-state index contributed by atoms with van der Waals surface area (Å²) >= 11 is 0. The maximum absolute atomic E-state index is 12.1. The third-order valence-corrected chi connectivity index (χ3v) is 3.51. The minimum absolute atomic E-state index is 0.0683. The maximum atomic E-state index is 12.1. The number of oxazole rings is 1. The van der Waals surface area contributed by atoms with Crippen LogP contribution in [0.15, 0.2) is 16.9 Å². The molecule has 3 heterocycles. The lowest BCUT2D eigenvalue weighted by molar-refractivity contribution is 0.0665. The first-order chi connectivity index (χ1) is 7.86. The molecule has 2 unspecified atom stereocenters. The molecule has 5 nitrogen and oxygen atoms in total. The Kier molecular flexibility index (Phi) is 2.40. The molecule has 3 rings (SSSR count). The van der Waals surface area contributed by atoms with Crippen molar-refractivity contribution in [1.82, 2.24) is 15.2 Å². The van der Waals surface area contributed by atoms with Gasteiger partial charge in [0.2, 0.25) is 0 Å². The molecule has 2 aliphatic rings. The Hall–Kier alpha value is -1.36. The van der Waals surface area contributed by atoms with Crippen LogP contribution in [0, 0.1) is 0 Å². The van der Waals surface area contributed by atoms with E-state index in [9.17, 15) is 4.79 Å². The fraction of sp³-hybridized carbons (Fsp3) is 0.636. The number of fused-ring (bicyclic) bond motifs is 1. The van der Waals surface area contributed by atoms with Gasteiger partial charge in [0.05, 0.1) is 6.20 Å². The van der Waals surface area contributed by atoms with Gasteiger partial charge in [-0.25, -0.2) is 4.98 Å². The number of aromatic nitrogens is 1. The smallest absolute Gasteiger partial charge is 0.310 e. The third-order valence-electron chi connectivity index (χ3n) is 3.51. The van der Waals surface area contributed by atoms with Crippen LogP contribution in [0.3, 0.4) is 0 Å². The summed E-state index contributed by atoms with van der Waals surface area (Å²) in [5.41, 5.74) is 0. The molecule has 1 amide bonds. The number of nitrogens with zero attached hydrogens (tertiary/aromatic N) is 2. The van der Waals surface area contributed by atoms with Crippen LogP contribution in [-0.2, 0) is 0 Å². The van der Waals surface area contributed by atoms with Crippen LogP contribution in [0.1, 0.15) is 29.9 Å². The fourth-order valence-corrected chi connectivity index (χ4v) is 2.75. The van der Waals surface area contributed by atoms with Gasteiger partial charge in [0.25, 0.3) is 5.89 Å². The van der Waals surface area contributed by atoms with Crippen molar-refractivity contribution in [3.05, 3.63) is 18.4 Å². The van der Waals surface area contributed by atoms with Crippen molar-refractivity contribution in [2.45, 2.75) is 31.3 Å². The normalized spacial score (nSPS) is 29.1. The summed E-state index contributed by atoms with van der Waals surface area (Å²) in [7, 11) is 0. The number of carbonyl (C=O) groups is 1. The second-order valence-electron chi connectivity index (χ2n) is 4.39. The molecule has 1 N–H and O–H groups in total. The zero-order valence-corrected chi connectivity index (χ0v) is 9.06. The molecule has 0 aliphatic carbocycles. The fourth-order valence-electron chi connectivity index (χ4n) is 2.75. The zero-order chi connectivity index (χ0) is 11.0. The van der Waals surface area contributed by atoms with Gasteiger partial charge in [-0.05, 0) is 25.8 Å². The standard InChI is InChI=1S/C11H15N3O2/c15-11(10-13-5-7-16-10)14-6-3-8-9(14)2-1-4-12-8/h5,7-9,12H,1-4,6H2. The number of hydrogen-bond acceptors (Lipinski definition) is 4. The Morgan fingerprint density at radius 1 is 1.56 bits per heavy atom. The van der Waals surface area contributed by atoms with Crippen LogP contribution in [0.5, 0.6) is 0 Å². The zero-order valence-electron chi connectivity index (χ0n) is 9.06. The van der Waals surface area contributed by atoms with Gasteiger partial charge < -0.3 is 14.6 Å². The molecule has 0 bridgehead atoms. The summed E-state index contributed by atoms with van der Waals surface area (Å²) in [6.45, 7) is 1.88. The molecule has 0 spiro atoms. The minimum atomic E-state index is -0.0683. The van der Waals surface area contributed by atoms with Crippen molar-refractivity contribution in [1.29, 1.82) is 0 Å². The molecule has 5 heteroatoms. The average molecular weight is 221 g/mol. The minimum Gasteiger partial charge on any atom is -0.441 e. The molecule has 2 fully saturated rings. The van der Waals surface area contributed by atoms with E-state index < -0.39 is 0 Å². The number of piperidine rings is 1. The lowest BCUT2D eigenvalue weighted by Crippen LogP contribution is -2.48. The van der Waals surface area contributed by atoms with E-state index in [2.05, 4.69) is 10.3 Å². The van der Waals surface area contributed by atoms with E-state index in [1.807, 2.05) is 4.90 Å². The summed E-state index contributed by atoms with van der Waals surface area (Å²) in [6, 6.07) is 0.792. The van der Waals surface area contributed by atoms with E-state index in [0.29, 0.717) is 12.1 Å². The first-order valence-electron chi connectivity index (χ1n) is 5.80. The second kappa shape index (κ2) is 3.90. The molecular weight excluding hydrogens is 206 g/mol. The van der Waals surface area contributed by atoms with Gasteiger partial charge >= 0.3 is 5.91 Å². The number of carbonyl (C=O) groups excluding carboxylic acids is 1. The Bertz CT molecular complexity index is 377. The molecule has 2 saturated heterocycles. The predicted molar refractivity (Wildman–Crippen MR) is 57.0 cm³/mol. The molecule has 86 valence electrons. The van der Waals surface area contributed by atoms with Crippen LogP contribution >= 0.6 is 0 Å². The first kappa shape index (κ1) is 9.84. The van der Waals surface area contributed by atoms with Gasteiger partial charge in [0.1, 0.15) is 6.26 Å². The molecule has 0 aromatic carbocycles. The van der Waals surface area contributed by atoms with E-state index in [0.717, 1.165) is 32.4 Å². The lowest BCUT2D eigenvalue weighted by Gasteiger charge is -2.31. The van der Waals surface area contributed by atoms with Crippen molar-refractivity contribution in [3.8, 4) is 0 Å². The van der Waals surface area contributed by atoms with Crippen molar-refractivity contribution in [2.75, 3.05) is 13.1 Å². The number of hydrogen-bond donors (Lipinski definition) is 1. The SMILES string of the molecule is O=C(c1ncco1)N1CCC2NCCCC21. The Labute approximate surface area is 93.8 Å². The van der Waals surface area contributed by atoms with E-state index in [1.54, 1.807) is 0 Å². The van der Waals surface area contributed by atoms with Crippen molar-refractivity contribution < 1.29 is 9.21 Å². The summed E-state index contributed by atoms with van der Waals surface area (Å²) in [5, 5.41) is 3.47. The molecular formula is C11H15N3O2. The van der Waals surface area contributed by atoms with E-state index in [4.69, 9.17) is 4.42 Å². The Balaban J connectivity index is 1.78. The largest absolute Gasteiger partial charge is 0.441 e. The monoisotopic (exact) mass is 221 g/mol. The van der Waals surface area contributed by atoms with Crippen molar-refractivity contribution in [2.24, 2.45) is 0 Å². The summed E-state index contributed by atoms with van der Waals surface area (Å²) in [5.74, 6) is 0.146. The van der Waals surface area contributed by atoms with E-state index in [1.165, 1.54) is 12.5 Å². The molecule has 1 aromatic rings. The molecule has 0 radical (unpaired) electrons. The van der Waals surface area contributed by atoms with Crippen LogP contribution in [0.25, 0.3) is 0 Å². The molecule has 1 aromatic heterocycles. The molecule has 2 aliphatic heterocycles. The quantitative estimate of drug-likeness (QED) is 0.756. The maximum Gasteiger partial charge on any atom is 0.310 e. The molecule has 16 heavy (non-hydrogen) atoms. The van der Waals surface area contributed by atoms with E-state index in [-0.39, 0.29) is 11.8 Å². The molecule has 0 saturated carbocycles. The summed E-state index contributed by atoms with van der Waals surface area (Å²) < 4.78 is 5.06. The van der Waals surface area contributed by atoms with Gasteiger partial charge in [-0.1, -0.05) is 0 Å². The first-order valence-corrected chi connectivity index (χ1v) is 5.80. The van der Waals surface area contributed by atoms with Crippen LogP contribution in [0.2, 0.25) is 0 Å². The van der Waals surface area contributed by atoms with E-state index >= 15 is 0 Å². The van der Waals surface area contributed by atoms with Gasteiger partial charge in [-0.3, -0.25) is 4.79 Å². The average Bonchev–Trinajstić information content (AvgIpc) is 2.98. The van der Waals surface area contributed by atoms with Gasteiger partial charge in [0.15, 0.2) is 0 Å². The van der Waals surface area contributed by atoms with Crippen molar-refractivity contribution in [3.63, 3.8) is 0 Å². The summed E-state index contributed by atoms with van der Waals surface area (Å²) in [6.07, 6.45) is 6.22. The highest BCUT2D eigenvalue weighted by Gasteiger charge is 2.39. The number of rotatable bonds is 1. The highest BCUT2D eigenvalue weighted by Crippen LogP contribution is 2.26. The Morgan fingerprint density at radius 2 is 2.50 bits per heavy atom. The summed E-state index contributed by atoms with van der Waals surface area (Å²) in [4.78, 5) is 17.9. The van der Waals surface area contributed by atoms with Crippen LogP contribution in [-0.4, -0.2) is 41.0 Å². The van der Waals surface area contributed by atoms with Crippen molar-refractivity contribution >= 4 is 5.91 Å². The topological polar surface area (TPSA) is 58.4 Å². The number of amides is 1. The third kappa shape index (κ3) is 1.51. The predicted octanol–water partition coefficient (Wildman–Crippen LogP) is 0.641. The van der Waals surface area contributed by atoms with Gasteiger partial charge in [0, 0.05) is 18.6 Å². The van der Waals surface area contributed by atoms with Gasteiger partial charge in [-0.2, -0.15) is 0 Å². The number of likely N-dealkylation sites (tertiary alicyclic amines) is 1. The lowest BCUT2D eigenvalue weighted by atomic mass is 9.99. The Morgan fingerprint density at radius 3 is 3.31 bits per heavy atom. The molecule has 2 atom stereocenters. The number of nitrogens with one attached hydrogen (secondary N) is 1.